The molecule has 10 heteroatoms. The molecule has 0 spiro atoms. The van der Waals surface area contributed by atoms with Crippen LogP contribution in [0.2, 0.25) is 5.02 Å². The summed E-state index contributed by atoms with van der Waals surface area (Å²) in [6, 6.07) is 15.6. The lowest BCUT2D eigenvalue weighted by atomic mass is 9.98. The van der Waals surface area contributed by atoms with Crippen molar-refractivity contribution in [3.05, 3.63) is 69.7 Å². The number of hydrogen-bond donors (Lipinski definition) is 2. The first-order valence-corrected chi connectivity index (χ1v) is 10.3. The van der Waals surface area contributed by atoms with Gasteiger partial charge in [0.15, 0.2) is 0 Å². The topological polar surface area (TPSA) is 134 Å². The van der Waals surface area contributed by atoms with Crippen LogP contribution >= 0.6 is 22.9 Å². The molecule has 0 atom stereocenters. The highest BCUT2D eigenvalue weighted by Crippen LogP contribution is 2.44. The SMILES string of the molecule is Nc1nc(N)c2sc3nc(-c4ccc(Cl)cc4)cc(-c4ccccc4[N+](=O)[O-])c3c2n1. The lowest BCUT2D eigenvalue weighted by Crippen LogP contribution is -1.99. The van der Waals surface area contributed by atoms with Gasteiger partial charge in [-0.15, -0.1) is 11.3 Å². The molecule has 3 aromatic heterocycles. The van der Waals surface area contributed by atoms with Crippen molar-refractivity contribution < 1.29 is 4.92 Å². The molecular formula is C21H13ClN6O2S. The van der Waals surface area contributed by atoms with Crippen molar-refractivity contribution in [3.63, 3.8) is 0 Å². The summed E-state index contributed by atoms with van der Waals surface area (Å²) in [4.78, 5) is 25.2. The van der Waals surface area contributed by atoms with Crippen LogP contribution in [0.4, 0.5) is 17.5 Å². The second kappa shape index (κ2) is 7.15. The molecule has 8 nitrogen and oxygen atoms in total. The standard InChI is InChI=1S/C21H13ClN6O2S/c22-11-7-5-10(6-8-11)14-9-13(12-3-1-2-4-15(12)28(29)30)16-17-18(31-20(16)25-14)19(23)27-21(24)26-17/h1-9H,(H4,23,24,26,27). The number of thiophene rings is 1. The van der Waals surface area contributed by atoms with Gasteiger partial charge in [0.1, 0.15) is 10.6 Å². The maximum atomic E-state index is 11.7. The molecule has 152 valence electrons. The Labute approximate surface area is 184 Å². The van der Waals surface area contributed by atoms with Gasteiger partial charge in [0.2, 0.25) is 5.95 Å². The zero-order chi connectivity index (χ0) is 21.7. The first kappa shape index (κ1) is 19.2. The Bertz CT molecular complexity index is 1500. The molecule has 0 radical (unpaired) electrons. The third-order valence-electron chi connectivity index (χ3n) is 4.86. The predicted molar refractivity (Wildman–Crippen MR) is 124 cm³/mol. The number of nitrogens with zero attached hydrogens (tertiary/aromatic N) is 4. The Morgan fingerprint density at radius 2 is 1.71 bits per heavy atom. The molecule has 0 saturated heterocycles. The second-order valence-corrected chi connectivity index (χ2v) is 8.20. The van der Waals surface area contributed by atoms with Gasteiger partial charge in [-0.05, 0) is 24.3 Å². The van der Waals surface area contributed by atoms with E-state index in [-0.39, 0.29) is 17.5 Å². The molecule has 0 amide bonds. The van der Waals surface area contributed by atoms with Crippen LogP contribution in [-0.4, -0.2) is 19.9 Å². The van der Waals surface area contributed by atoms with Crippen LogP contribution in [0.25, 0.3) is 42.8 Å². The van der Waals surface area contributed by atoms with Gasteiger partial charge in [0, 0.05) is 27.6 Å². The van der Waals surface area contributed by atoms with Crippen LogP contribution in [0.1, 0.15) is 0 Å². The number of nitro groups is 1. The quantitative estimate of drug-likeness (QED) is 0.282. The first-order valence-electron chi connectivity index (χ1n) is 9.08. The van der Waals surface area contributed by atoms with E-state index in [9.17, 15) is 10.1 Å². The highest BCUT2D eigenvalue weighted by molar-refractivity contribution is 7.26. The van der Waals surface area contributed by atoms with E-state index in [4.69, 9.17) is 28.1 Å². The molecule has 4 N–H and O–H groups in total. The molecule has 0 fully saturated rings. The maximum absolute atomic E-state index is 11.7. The Hall–Kier alpha value is -3.82. The third kappa shape index (κ3) is 3.20. The van der Waals surface area contributed by atoms with Gasteiger partial charge >= 0.3 is 0 Å². The number of nitrogens with two attached hydrogens (primary N) is 2. The van der Waals surface area contributed by atoms with Crippen molar-refractivity contribution in [1.82, 2.24) is 15.0 Å². The minimum Gasteiger partial charge on any atom is -0.382 e. The van der Waals surface area contributed by atoms with Crippen LogP contribution in [-0.2, 0) is 0 Å². The van der Waals surface area contributed by atoms with E-state index in [1.54, 1.807) is 30.3 Å². The van der Waals surface area contributed by atoms with Crippen LogP contribution in [0.15, 0.2) is 54.6 Å². The normalized spacial score (nSPS) is 11.3. The minimum absolute atomic E-state index is 0.0218. The molecule has 5 rings (SSSR count). The predicted octanol–water partition coefficient (Wildman–Crippen LogP) is 5.30. The monoisotopic (exact) mass is 448 g/mol. The fourth-order valence-electron chi connectivity index (χ4n) is 3.52. The Morgan fingerprint density at radius 3 is 2.45 bits per heavy atom. The van der Waals surface area contributed by atoms with Crippen molar-refractivity contribution in [2.45, 2.75) is 0 Å². The van der Waals surface area contributed by atoms with E-state index in [1.807, 2.05) is 18.2 Å². The summed E-state index contributed by atoms with van der Waals surface area (Å²) >= 11 is 7.35. The van der Waals surface area contributed by atoms with Crippen LogP contribution < -0.4 is 11.5 Å². The maximum Gasteiger partial charge on any atom is 0.277 e. The summed E-state index contributed by atoms with van der Waals surface area (Å²) < 4.78 is 0.629. The van der Waals surface area contributed by atoms with Gasteiger partial charge in [-0.25, -0.2) is 9.97 Å². The minimum atomic E-state index is -0.407. The average molecular weight is 449 g/mol. The van der Waals surface area contributed by atoms with Gasteiger partial charge in [-0.2, -0.15) is 4.98 Å². The fraction of sp³-hybridized carbons (Fsp3) is 0. The summed E-state index contributed by atoms with van der Waals surface area (Å²) in [6.07, 6.45) is 0. The summed E-state index contributed by atoms with van der Waals surface area (Å²) in [5.41, 5.74) is 14.9. The lowest BCUT2D eigenvalue weighted by Gasteiger charge is -2.09. The first-order chi connectivity index (χ1) is 14.9. The smallest absolute Gasteiger partial charge is 0.277 e. The van der Waals surface area contributed by atoms with Gasteiger partial charge in [0.05, 0.1) is 26.4 Å². The molecule has 0 aliphatic rings. The van der Waals surface area contributed by atoms with Gasteiger partial charge in [0.25, 0.3) is 5.69 Å². The number of rotatable bonds is 3. The average Bonchev–Trinajstić information content (AvgIpc) is 3.12. The third-order valence-corrected chi connectivity index (χ3v) is 6.21. The van der Waals surface area contributed by atoms with Gasteiger partial charge in [-0.3, -0.25) is 10.1 Å². The number of nitrogen functional groups attached to an aromatic ring is 2. The van der Waals surface area contributed by atoms with E-state index in [0.29, 0.717) is 42.3 Å². The molecule has 0 aliphatic carbocycles. The molecule has 0 bridgehead atoms. The Kier molecular flexibility index (Phi) is 4.42. The zero-order valence-corrected chi connectivity index (χ0v) is 17.3. The highest BCUT2D eigenvalue weighted by Gasteiger charge is 2.23. The van der Waals surface area contributed by atoms with E-state index in [1.165, 1.54) is 17.4 Å². The number of para-hydroxylation sites is 1. The summed E-state index contributed by atoms with van der Waals surface area (Å²) in [6.45, 7) is 0. The Morgan fingerprint density at radius 1 is 0.968 bits per heavy atom. The number of pyridine rings is 1. The van der Waals surface area contributed by atoms with E-state index >= 15 is 0 Å². The van der Waals surface area contributed by atoms with Crippen molar-refractivity contribution in [1.29, 1.82) is 0 Å². The summed E-state index contributed by atoms with van der Waals surface area (Å²) in [5, 5.41) is 13.0. The van der Waals surface area contributed by atoms with Crippen molar-refractivity contribution in [2.24, 2.45) is 0 Å². The Balaban J connectivity index is 1.93. The van der Waals surface area contributed by atoms with Crippen molar-refractivity contribution in [2.75, 3.05) is 11.5 Å². The molecule has 0 aliphatic heterocycles. The molecule has 0 unspecified atom stereocenters. The van der Waals surface area contributed by atoms with Crippen LogP contribution in [0.3, 0.4) is 0 Å². The second-order valence-electron chi connectivity index (χ2n) is 6.76. The lowest BCUT2D eigenvalue weighted by molar-refractivity contribution is -0.384. The van der Waals surface area contributed by atoms with Crippen molar-refractivity contribution in [3.8, 4) is 22.4 Å². The number of nitro benzene ring substituents is 1. The molecule has 2 aromatic carbocycles. The molecule has 31 heavy (non-hydrogen) atoms. The number of benzene rings is 2. The van der Waals surface area contributed by atoms with E-state index < -0.39 is 4.92 Å². The summed E-state index contributed by atoms with van der Waals surface area (Å²) in [7, 11) is 0. The zero-order valence-electron chi connectivity index (χ0n) is 15.7. The van der Waals surface area contributed by atoms with Crippen molar-refractivity contribution >= 4 is 60.8 Å². The molecular weight excluding hydrogens is 436 g/mol. The van der Waals surface area contributed by atoms with Crippen LogP contribution in [0, 0.1) is 10.1 Å². The van der Waals surface area contributed by atoms with Gasteiger partial charge < -0.3 is 11.5 Å². The number of hydrogen-bond acceptors (Lipinski definition) is 8. The molecule has 3 heterocycles. The number of halogens is 1. The van der Waals surface area contributed by atoms with Gasteiger partial charge in [-0.1, -0.05) is 35.9 Å². The number of aromatic nitrogens is 3. The highest BCUT2D eigenvalue weighted by atomic mass is 35.5. The van der Waals surface area contributed by atoms with Crippen LogP contribution in [0.5, 0.6) is 0 Å². The number of anilines is 2. The van der Waals surface area contributed by atoms with E-state index in [0.717, 1.165) is 5.56 Å². The summed E-state index contributed by atoms with van der Waals surface area (Å²) in [5.74, 6) is 0.270. The number of fused-ring (bicyclic) bond motifs is 3. The van der Waals surface area contributed by atoms with E-state index in [2.05, 4.69) is 9.97 Å². The fourth-order valence-corrected chi connectivity index (χ4v) is 4.69. The largest absolute Gasteiger partial charge is 0.382 e. The molecule has 0 saturated carbocycles. The molecule has 5 aromatic rings.